The summed E-state index contributed by atoms with van der Waals surface area (Å²) < 4.78 is 0. The lowest BCUT2D eigenvalue weighted by Gasteiger charge is -2.56. The second-order valence-electron chi connectivity index (χ2n) is 17.4. The Morgan fingerprint density at radius 1 is 0.431 bits per heavy atom. The third kappa shape index (κ3) is 23.6. The molecule has 4 atom stereocenters. The van der Waals surface area contributed by atoms with E-state index in [1.54, 1.807) is 0 Å². The number of allylic oxidation sites excluding steroid dienone is 3. The molecule has 0 spiro atoms. The van der Waals surface area contributed by atoms with E-state index in [-0.39, 0.29) is 5.41 Å². The van der Waals surface area contributed by atoms with Crippen molar-refractivity contribution >= 4 is 0 Å². The minimum atomic E-state index is 0.283. The van der Waals surface area contributed by atoms with Gasteiger partial charge in [-0.1, -0.05) is 239 Å². The fourth-order valence-corrected chi connectivity index (χ4v) is 9.63. The van der Waals surface area contributed by atoms with E-state index in [9.17, 15) is 0 Å². The Bertz CT molecular complexity index is 747. The molecule has 0 N–H and O–H groups in total. The van der Waals surface area contributed by atoms with Gasteiger partial charge in [0.25, 0.3) is 0 Å². The van der Waals surface area contributed by atoms with E-state index in [2.05, 4.69) is 72.6 Å². The molecule has 0 aliphatic heterocycles. The molecule has 0 radical (unpaired) electrons. The zero-order valence-corrected chi connectivity index (χ0v) is 36.5. The van der Waals surface area contributed by atoms with E-state index >= 15 is 0 Å². The van der Waals surface area contributed by atoms with Gasteiger partial charge < -0.3 is 0 Å². The van der Waals surface area contributed by atoms with Crippen LogP contribution >= 0.6 is 0 Å². The summed E-state index contributed by atoms with van der Waals surface area (Å²) in [7, 11) is 0. The summed E-state index contributed by atoms with van der Waals surface area (Å²) in [4.78, 5) is 0. The molecule has 0 amide bonds. The maximum Gasteiger partial charge on any atom is -0.0174 e. The lowest BCUT2D eigenvalue weighted by molar-refractivity contribution is -0.0480. The highest BCUT2D eigenvalue weighted by Gasteiger charge is 2.51. The molecule has 0 aliphatic carbocycles. The molecule has 302 valence electrons. The predicted molar refractivity (Wildman–Crippen MR) is 237 cm³/mol. The third-order valence-electron chi connectivity index (χ3n) is 13.3. The van der Waals surface area contributed by atoms with Gasteiger partial charge in [-0.2, -0.15) is 0 Å². The average molecular weight is 711 g/mol. The molecule has 0 aromatic carbocycles. The van der Waals surface area contributed by atoms with Crippen molar-refractivity contribution in [1.29, 1.82) is 0 Å². The molecule has 0 fully saturated rings. The minimum Gasteiger partial charge on any atom is -0.103 e. The highest BCUT2D eigenvalue weighted by atomic mass is 14.6. The first kappa shape index (κ1) is 50.2. The van der Waals surface area contributed by atoms with Crippen LogP contribution in [0.1, 0.15) is 266 Å². The Morgan fingerprint density at radius 3 is 1.18 bits per heavy atom. The maximum absolute atomic E-state index is 4.69. The van der Waals surface area contributed by atoms with Gasteiger partial charge in [-0.15, -0.1) is 19.7 Å². The molecule has 0 rings (SSSR count). The van der Waals surface area contributed by atoms with Crippen LogP contribution in [0.3, 0.4) is 0 Å². The fourth-order valence-electron chi connectivity index (χ4n) is 9.63. The van der Waals surface area contributed by atoms with Crippen molar-refractivity contribution in [1.82, 2.24) is 0 Å². The first-order valence-corrected chi connectivity index (χ1v) is 23.8. The molecular weight excluding hydrogens is 613 g/mol. The lowest BCUT2D eigenvalue weighted by Crippen LogP contribution is -2.47. The second-order valence-corrected chi connectivity index (χ2v) is 17.4. The zero-order valence-electron chi connectivity index (χ0n) is 36.5. The SMILES string of the molecule is C=CCCC(CC=C)(CCC(C)CC)C(CCCCCCCCCCC)(CCCCCCCCCCCC)C(C=C)CCCCCCCCCC. The van der Waals surface area contributed by atoms with Crippen molar-refractivity contribution < 1.29 is 0 Å². The monoisotopic (exact) mass is 711 g/mol. The molecule has 0 saturated carbocycles. The number of hydrogen-bond donors (Lipinski definition) is 0. The van der Waals surface area contributed by atoms with Crippen LogP contribution in [0.4, 0.5) is 0 Å². The van der Waals surface area contributed by atoms with Crippen molar-refractivity contribution in [2.45, 2.75) is 266 Å². The van der Waals surface area contributed by atoms with Crippen LogP contribution in [0, 0.1) is 22.7 Å². The van der Waals surface area contributed by atoms with Crippen molar-refractivity contribution in [3.8, 4) is 0 Å². The van der Waals surface area contributed by atoms with Crippen LogP contribution in [0.15, 0.2) is 38.0 Å². The molecule has 0 nitrogen and oxygen atoms in total. The molecule has 0 heteroatoms. The van der Waals surface area contributed by atoms with Crippen LogP contribution in [0.5, 0.6) is 0 Å². The molecule has 51 heavy (non-hydrogen) atoms. The molecule has 0 bridgehead atoms. The Labute approximate surface area is 325 Å². The first-order chi connectivity index (χ1) is 25.0. The van der Waals surface area contributed by atoms with E-state index in [0.29, 0.717) is 11.3 Å². The number of rotatable bonds is 42. The largest absolute Gasteiger partial charge is 0.103 e. The molecule has 0 aliphatic rings. The zero-order chi connectivity index (χ0) is 37.7. The second kappa shape index (κ2) is 36.2. The van der Waals surface area contributed by atoms with E-state index in [4.69, 9.17) is 0 Å². The van der Waals surface area contributed by atoms with Crippen LogP contribution < -0.4 is 0 Å². The first-order valence-electron chi connectivity index (χ1n) is 23.8. The summed E-state index contributed by atoms with van der Waals surface area (Å²) in [6, 6.07) is 0. The standard InChI is InChI=1S/C51H98/c1-9-16-20-23-26-29-31-34-37-40-46-51(45-39-36-33-30-27-24-21-17-10-2,49(15-7)41-38-35-32-28-25-22-18-11-3)50(43-13-5,44-19-12-4)47-42-48(8)14-6/h12-13,15,48-49H,4-5,7,9-11,14,16-47H2,1-3,6,8H3. The molecule has 0 saturated heterocycles. The lowest BCUT2D eigenvalue weighted by atomic mass is 9.48. The molecule has 0 aromatic heterocycles. The topological polar surface area (TPSA) is 0 Å². The number of unbranched alkanes of at least 4 members (excludes halogenated alkanes) is 24. The van der Waals surface area contributed by atoms with Gasteiger partial charge >= 0.3 is 0 Å². The number of hydrogen-bond acceptors (Lipinski definition) is 0. The molecule has 4 unspecified atom stereocenters. The average Bonchev–Trinajstić information content (AvgIpc) is 3.14. The van der Waals surface area contributed by atoms with Crippen LogP contribution in [-0.2, 0) is 0 Å². The summed E-state index contributed by atoms with van der Waals surface area (Å²) in [6.07, 6.45) is 56.9. The van der Waals surface area contributed by atoms with E-state index in [1.165, 1.54) is 218 Å². The van der Waals surface area contributed by atoms with Crippen molar-refractivity contribution in [3.05, 3.63) is 38.0 Å². The normalized spacial score (nSPS) is 15.2. The van der Waals surface area contributed by atoms with Crippen molar-refractivity contribution in [3.63, 3.8) is 0 Å². The Balaban J connectivity index is 6.25. The summed E-state index contributed by atoms with van der Waals surface area (Å²) in [5, 5.41) is 0. The highest BCUT2D eigenvalue weighted by Crippen LogP contribution is 2.61. The van der Waals surface area contributed by atoms with E-state index < -0.39 is 0 Å². The maximum atomic E-state index is 4.69. The van der Waals surface area contributed by atoms with Gasteiger partial charge in [0.15, 0.2) is 0 Å². The third-order valence-corrected chi connectivity index (χ3v) is 13.3. The van der Waals surface area contributed by atoms with Gasteiger partial charge in [0.1, 0.15) is 0 Å². The van der Waals surface area contributed by atoms with Crippen LogP contribution in [0.2, 0.25) is 0 Å². The Kier molecular flexibility index (Phi) is 35.7. The Hall–Kier alpha value is -0.780. The predicted octanol–water partition coefficient (Wildman–Crippen LogP) is 18.9. The van der Waals surface area contributed by atoms with Gasteiger partial charge in [0.05, 0.1) is 0 Å². The molecule has 0 heterocycles. The van der Waals surface area contributed by atoms with Gasteiger partial charge in [-0.05, 0) is 67.6 Å². The van der Waals surface area contributed by atoms with Gasteiger partial charge in [-0.3, -0.25) is 0 Å². The van der Waals surface area contributed by atoms with Gasteiger partial charge in [0, 0.05) is 0 Å². The van der Waals surface area contributed by atoms with Crippen LogP contribution in [0.25, 0.3) is 0 Å². The summed E-state index contributed by atoms with van der Waals surface area (Å²) >= 11 is 0. The van der Waals surface area contributed by atoms with Crippen molar-refractivity contribution in [2.24, 2.45) is 22.7 Å². The van der Waals surface area contributed by atoms with Crippen LogP contribution in [-0.4, -0.2) is 0 Å². The summed E-state index contributed by atoms with van der Waals surface area (Å²) in [6.45, 7) is 25.3. The molecule has 0 aromatic rings. The Morgan fingerprint density at radius 2 is 0.824 bits per heavy atom. The summed E-state index contributed by atoms with van der Waals surface area (Å²) in [5.41, 5.74) is 0.590. The van der Waals surface area contributed by atoms with Gasteiger partial charge in [0.2, 0.25) is 0 Å². The molecular formula is C51H98. The van der Waals surface area contributed by atoms with Crippen molar-refractivity contribution in [2.75, 3.05) is 0 Å². The van der Waals surface area contributed by atoms with E-state index in [0.717, 1.165) is 18.8 Å². The minimum absolute atomic E-state index is 0.283. The van der Waals surface area contributed by atoms with Gasteiger partial charge in [-0.25, -0.2) is 0 Å². The fraction of sp³-hybridized carbons (Fsp3) is 0.882. The smallest absolute Gasteiger partial charge is 0.0174 e. The summed E-state index contributed by atoms with van der Waals surface area (Å²) in [5.74, 6) is 1.39. The quantitative estimate of drug-likeness (QED) is 0.0437. The highest BCUT2D eigenvalue weighted by molar-refractivity contribution is 5.08. The van der Waals surface area contributed by atoms with E-state index in [1.807, 2.05) is 0 Å².